The number of primary amides is 1. The topological polar surface area (TPSA) is 77.2 Å². The number of ether oxygens (including phenoxy) is 1. The van der Waals surface area contributed by atoms with Crippen LogP contribution in [0.4, 0.5) is 5.82 Å². The smallest absolute Gasteiger partial charge is 0.243 e. The van der Waals surface area contributed by atoms with Crippen molar-refractivity contribution in [3.8, 4) is 0 Å². The second-order valence-corrected chi connectivity index (χ2v) is 4.21. The van der Waals surface area contributed by atoms with Crippen molar-refractivity contribution in [1.29, 1.82) is 0 Å². The van der Waals surface area contributed by atoms with Gasteiger partial charge in [-0.1, -0.05) is 34.8 Å². The van der Waals surface area contributed by atoms with Crippen LogP contribution < -0.4 is 11.1 Å². The van der Waals surface area contributed by atoms with E-state index in [2.05, 4.69) is 10.3 Å². The van der Waals surface area contributed by atoms with Gasteiger partial charge < -0.3 is 15.8 Å². The van der Waals surface area contributed by atoms with Crippen LogP contribution >= 0.6 is 34.8 Å². The third kappa shape index (κ3) is 4.95. The minimum Gasteiger partial charge on any atom is -0.370 e. The second-order valence-electron chi connectivity index (χ2n) is 3.04. The van der Waals surface area contributed by atoms with Crippen LogP contribution in [0.2, 0.25) is 15.2 Å². The summed E-state index contributed by atoms with van der Waals surface area (Å²) in [6.45, 7) is 0.587. The van der Waals surface area contributed by atoms with Gasteiger partial charge >= 0.3 is 0 Å². The SMILES string of the molecule is NC(=O)COCCNc1nc(Cl)c(Cl)cc1Cl. The Balaban J connectivity index is 2.41. The normalized spacial score (nSPS) is 10.3. The first-order valence-electron chi connectivity index (χ1n) is 4.62. The van der Waals surface area contributed by atoms with Crippen LogP contribution in [-0.2, 0) is 9.53 Å². The van der Waals surface area contributed by atoms with E-state index in [1.54, 1.807) is 0 Å². The first-order valence-corrected chi connectivity index (χ1v) is 5.75. The molecule has 0 saturated carbocycles. The molecule has 5 nitrogen and oxygen atoms in total. The summed E-state index contributed by atoms with van der Waals surface area (Å²) < 4.78 is 4.94. The molecule has 1 aromatic rings. The highest BCUT2D eigenvalue weighted by atomic mass is 35.5. The number of rotatable bonds is 6. The van der Waals surface area contributed by atoms with E-state index in [-0.39, 0.29) is 16.8 Å². The zero-order valence-corrected chi connectivity index (χ0v) is 10.9. The molecule has 0 atom stereocenters. The Morgan fingerprint density at radius 3 is 2.76 bits per heavy atom. The van der Waals surface area contributed by atoms with Crippen molar-refractivity contribution in [2.75, 3.05) is 25.1 Å². The molecule has 0 unspecified atom stereocenters. The van der Waals surface area contributed by atoms with Crippen molar-refractivity contribution >= 4 is 46.5 Å². The first-order chi connectivity index (χ1) is 8.00. The van der Waals surface area contributed by atoms with Gasteiger partial charge in [-0.3, -0.25) is 4.79 Å². The quantitative estimate of drug-likeness (QED) is 0.621. The maximum atomic E-state index is 10.4. The summed E-state index contributed by atoms with van der Waals surface area (Å²) in [6, 6.07) is 1.49. The van der Waals surface area contributed by atoms with Crippen LogP contribution in [0.3, 0.4) is 0 Å². The lowest BCUT2D eigenvalue weighted by atomic mass is 10.4. The maximum Gasteiger partial charge on any atom is 0.243 e. The average molecular weight is 299 g/mol. The summed E-state index contributed by atoms with van der Waals surface area (Å²) in [7, 11) is 0. The van der Waals surface area contributed by atoms with Crippen LogP contribution in [0.1, 0.15) is 0 Å². The molecule has 0 spiro atoms. The van der Waals surface area contributed by atoms with Gasteiger partial charge in [0, 0.05) is 6.54 Å². The van der Waals surface area contributed by atoms with E-state index in [9.17, 15) is 4.79 Å². The summed E-state index contributed by atoms with van der Waals surface area (Å²) in [5.74, 6) is -0.112. The van der Waals surface area contributed by atoms with E-state index < -0.39 is 5.91 Å². The Labute approximate surface area is 113 Å². The first kappa shape index (κ1) is 14.3. The third-order valence-corrected chi connectivity index (χ3v) is 2.63. The summed E-state index contributed by atoms with van der Waals surface area (Å²) in [6.07, 6.45) is 0. The molecule has 3 N–H and O–H groups in total. The predicted octanol–water partition coefficient (Wildman–Crippen LogP) is 1.96. The molecule has 1 heterocycles. The van der Waals surface area contributed by atoms with Crippen LogP contribution in [0.25, 0.3) is 0 Å². The molecule has 0 radical (unpaired) electrons. The lowest BCUT2D eigenvalue weighted by Crippen LogP contribution is -2.20. The molecule has 0 aliphatic heterocycles. The molecule has 8 heteroatoms. The van der Waals surface area contributed by atoms with E-state index in [1.807, 2.05) is 0 Å². The molecule has 0 aliphatic rings. The number of aromatic nitrogens is 1. The molecule has 0 aliphatic carbocycles. The van der Waals surface area contributed by atoms with Gasteiger partial charge in [-0.05, 0) is 6.07 Å². The highest BCUT2D eigenvalue weighted by Crippen LogP contribution is 2.28. The molecule has 1 aromatic heterocycles. The molecular formula is C9H10Cl3N3O2. The monoisotopic (exact) mass is 297 g/mol. The van der Waals surface area contributed by atoms with Crippen LogP contribution in [0, 0.1) is 0 Å². The number of halogens is 3. The Morgan fingerprint density at radius 1 is 1.41 bits per heavy atom. The number of nitrogens with one attached hydrogen (secondary N) is 1. The summed E-state index contributed by atoms with van der Waals surface area (Å²) >= 11 is 17.3. The van der Waals surface area contributed by atoms with Gasteiger partial charge in [0.05, 0.1) is 16.7 Å². The number of anilines is 1. The van der Waals surface area contributed by atoms with Crippen LogP contribution in [0.5, 0.6) is 0 Å². The van der Waals surface area contributed by atoms with Crippen molar-refractivity contribution < 1.29 is 9.53 Å². The Bertz CT molecular complexity index is 415. The average Bonchev–Trinajstić information content (AvgIpc) is 2.24. The minimum absolute atomic E-state index is 0.121. The lowest BCUT2D eigenvalue weighted by molar-refractivity contribution is -0.122. The number of nitrogens with two attached hydrogens (primary N) is 1. The number of nitrogens with zero attached hydrogens (tertiary/aromatic N) is 1. The Hall–Kier alpha value is -0.750. The molecule has 94 valence electrons. The Kier molecular flexibility index (Phi) is 5.77. The Morgan fingerprint density at radius 2 is 2.12 bits per heavy atom. The molecule has 0 bridgehead atoms. The predicted molar refractivity (Wildman–Crippen MR) is 67.8 cm³/mol. The summed E-state index contributed by atoms with van der Waals surface area (Å²) in [5.41, 5.74) is 4.90. The highest BCUT2D eigenvalue weighted by Gasteiger charge is 2.07. The highest BCUT2D eigenvalue weighted by molar-refractivity contribution is 6.42. The van der Waals surface area contributed by atoms with Gasteiger partial charge in [-0.2, -0.15) is 0 Å². The largest absolute Gasteiger partial charge is 0.370 e. The van der Waals surface area contributed by atoms with Crippen molar-refractivity contribution in [2.24, 2.45) is 5.73 Å². The standard InChI is InChI=1S/C9H10Cl3N3O2/c10-5-3-6(11)9(15-8(5)12)14-1-2-17-4-7(13)16/h3H,1-2,4H2,(H2,13,16)(H,14,15). The van der Waals surface area contributed by atoms with E-state index in [0.717, 1.165) is 0 Å². The van der Waals surface area contributed by atoms with E-state index >= 15 is 0 Å². The van der Waals surface area contributed by atoms with Crippen molar-refractivity contribution in [2.45, 2.75) is 0 Å². The molecule has 1 amide bonds. The van der Waals surface area contributed by atoms with Gasteiger partial charge in [-0.15, -0.1) is 0 Å². The van der Waals surface area contributed by atoms with E-state index in [1.165, 1.54) is 6.07 Å². The molecular weight excluding hydrogens is 288 g/mol. The maximum absolute atomic E-state index is 10.4. The molecule has 1 rings (SSSR count). The zero-order chi connectivity index (χ0) is 12.8. The van der Waals surface area contributed by atoms with E-state index in [4.69, 9.17) is 45.3 Å². The van der Waals surface area contributed by atoms with Crippen LogP contribution in [-0.4, -0.2) is 30.6 Å². The zero-order valence-electron chi connectivity index (χ0n) is 8.67. The van der Waals surface area contributed by atoms with Gasteiger partial charge in [0.2, 0.25) is 5.91 Å². The number of amides is 1. The number of pyridine rings is 1. The van der Waals surface area contributed by atoms with Crippen molar-refractivity contribution in [3.05, 3.63) is 21.3 Å². The fourth-order valence-corrected chi connectivity index (χ4v) is 1.55. The van der Waals surface area contributed by atoms with Gasteiger partial charge in [-0.25, -0.2) is 4.98 Å². The minimum atomic E-state index is -0.518. The molecule has 0 fully saturated rings. The lowest BCUT2D eigenvalue weighted by Gasteiger charge is -2.08. The number of hydrogen-bond donors (Lipinski definition) is 2. The van der Waals surface area contributed by atoms with Gasteiger partial charge in [0.15, 0.2) is 0 Å². The summed E-state index contributed by atoms with van der Waals surface area (Å²) in [4.78, 5) is 14.3. The van der Waals surface area contributed by atoms with Gasteiger partial charge in [0.25, 0.3) is 0 Å². The summed E-state index contributed by atoms with van der Waals surface area (Å²) in [5, 5.41) is 3.70. The second kappa shape index (κ2) is 6.86. The van der Waals surface area contributed by atoms with Gasteiger partial charge in [0.1, 0.15) is 17.6 Å². The molecule has 17 heavy (non-hydrogen) atoms. The van der Waals surface area contributed by atoms with Crippen molar-refractivity contribution in [1.82, 2.24) is 4.98 Å². The fraction of sp³-hybridized carbons (Fsp3) is 0.333. The number of carbonyl (C=O) groups is 1. The molecule has 0 saturated heterocycles. The van der Waals surface area contributed by atoms with Crippen molar-refractivity contribution in [3.63, 3.8) is 0 Å². The third-order valence-electron chi connectivity index (χ3n) is 1.67. The number of hydrogen-bond acceptors (Lipinski definition) is 4. The van der Waals surface area contributed by atoms with Crippen LogP contribution in [0.15, 0.2) is 6.07 Å². The fourth-order valence-electron chi connectivity index (χ4n) is 0.982. The number of carbonyl (C=O) groups excluding carboxylic acids is 1. The van der Waals surface area contributed by atoms with E-state index in [0.29, 0.717) is 24.0 Å². The molecule has 0 aromatic carbocycles.